The van der Waals surface area contributed by atoms with Gasteiger partial charge in [-0.1, -0.05) is 18.2 Å². The summed E-state index contributed by atoms with van der Waals surface area (Å²) in [5, 5.41) is 2.91. The third kappa shape index (κ3) is 4.71. The summed E-state index contributed by atoms with van der Waals surface area (Å²) in [6.07, 6.45) is 0.243. The predicted octanol–water partition coefficient (Wildman–Crippen LogP) is 1.35. The van der Waals surface area contributed by atoms with Crippen LogP contribution < -0.4 is 10.1 Å². The molecule has 1 atom stereocenters. The molecule has 2 aliphatic heterocycles. The van der Waals surface area contributed by atoms with Crippen LogP contribution in [0.15, 0.2) is 24.3 Å². The summed E-state index contributed by atoms with van der Waals surface area (Å²) in [6.45, 7) is 6.09. The Bertz CT molecular complexity index is 634. The molecule has 1 N–H and O–H groups in total. The van der Waals surface area contributed by atoms with E-state index in [4.69, 9.17) is 4.74 Å². The number of para-hydroxylation sites is 1. The molecule has 2 aliphatic rings. The van der Waals surface area contributed by atoms with Crippen molar-refractivity contribution < 1.29 is 14.3 Å². The minimum atomic E-state index is -0.416. The Hall–Kier alpha value is -1.73. The molecule has 6 nitrogen and oxygen atoms in total. The number of nitrogens with zero attached hydrogens (tertiary/aromatic N) is 2. The Labute approximate surface area is 159 Å². The molecule has 1 aromatic carbocycles. The summed E-state index contributed by atoms with van der Waals surface area (Å²) in [6, 6.07) is 7.49. The molecule has 0 aliphatic carbocycles. The SMILES string of the molecule is CCOc1ccccc1CN1CCNC(=O)C1CC(=O)N1CCSCC1. The highest BCUT2D eigenvalue weighted by Crippen LogP contribution is 2.23. The van der Waals surface area contributed by atoms with Crippen molar-refractivity contribution in [1.82, 2.24) is 15.1 Å². The number of piperazine rings is 1. The lowest BCUT2D eigenvalue weighted by Gasteiger charge is -2.36. The van der Waals surface area contributed by atoms with E-state index in [0.717, 1.165) is 42.5 Å². The van der Waals surface area contributed by atoms with Crippen molar-refractivity contribution in [2.75, 3.05) is 44.3 Å². The zero-order chi connectivity index (χ0) is 18.4. The number of nitrogens with one attached hydrogen (secondary N) is 1. The molecule has 2 amide bonds. The summed E-state index contributed by atoms with van der Waals surface area (Å²) in [4.78, 5) is 29.1. The topological polar surface area (TPSA) is 61.9 Å². The Morgan fingerprint density at radius 2 is 2.04 bits per heavy atom. The zero-order valence-corrected chi connectivity index (χ0v) is 16.1. The van der Waals surface area contributed by atoms with Crippen LogP contribution in [0.1, 0.15) is 18.9 Å². The number of hydrogen-bond donors (Lipinski definition) is 1. The number of rotatable bonds is 6. The molecule has 26 heavy (non-hydrogen) atoms. The molecular formula is C19H27N3O3S. The van der Waals surface area contributed by atoms with E-state index in [9.17, 15) is 9.59 Å². The number of amides is 2. The quantitative estimate of drug-likeness (QED) is 0.811. The van der Waals surface area contributed by atoms with Gasteiger partial charge in [-0.25, -0.2) is 0 Å². The summed E-state index contributed by atoms with van der Waals surface area (Å²) in [7, 11) is 0. The number of benzene rings is 1. The third-order valence-electron chi connectivity index (χ3n) is 4.82. The van der Waals surface area contributed by atoms with Crippen LogP contribution >= 0.6 is 11.8 Å². The average Bonchev–Trinajstić information content (AvgIpc) is 2.67. The van der Waals surface area contributed by atoms with E-state index in [1.165, 1.54) is 0 Å². The fraction of sp³-hybridized carbons (Fsp3) is 0.579. The first-order chi connectivity index (χ1) is 12.7. The molecule has 1 aromatic rings. The zero-order valence-electron chi connectivity index (χ0n) is 15.3. The highest BCUT2D eigenvalue weighted by Gasteiger charge is 2.33. The summed E-state index contributed by atoms with van der Waals surface area (Å²) >= 11 is 1.87. The molecular weight excluding hydrogens is 350 g/mol. The second kappa shape index (κ2) is 9.28. The third-order valence-corrected chi connectivity index (χ3v) is 5.76. The molecule has 0 spiro atoms. The number of thioether (sulfide) groups is 1. The van der Waals surface area contributed by atoms with Gasteiger partial charge in [0.2, 0.25) is 11.8 Å². The fourth-order valence-corrected chi connectivity index (χ4v) is 4.33. The first kappa shape index (κ1) is 19.0. The lowest BCUT2D eigenvalue weighted by molar-refractivity contribution is -0.138. The minimum absolute atomic E-state index is 0.0510. The van der Waals surface area contributed by atoms with E-state index >= 15 is 0 Å². The Kier molecular flexibility index (Phi) is 6.80. The lowest BCUT2D eigenvalue weighted by Crippen LogP contribution is -2.56. The van der Waals surface area contributed by atoms with Crippen molar-refractivity contribution in [3.8, 4) is 5.75 Å². The van der Waals surface area contributed by atoms with Gasteiger partial charge in [0.05, 0.1) is 19.1 Å². The first-order valence-corrected chi connectivity index (χ1v) is 10.4. The number of carbonyl (C=O) groups excluding carboxylic acids is 2. The monoisotopic (exact) mass is 377 g/mol. The van der Waals surface area contributed by atoms with E-state index in [1.807, 2.05) is 47.9 Å². The van der Waals surface area contributed by atoms with Crippen molar-refractivity contribution in [2.45, 2.75) is 25.9 Å². The van der Waals surface area contributed by atoms with Crippen LogP contribution in [0.25, 0.3) is 0 Å². The van der Waals surface area contributed by atoms with E-state index in [-0.39, 0.29) is 18.2 Å². The number of hydrogen-bond acceptors (Lipinski definition) is 5. The highest BCUT2D eigenvalue weighted by atomic mass is 32.2. The first-order valence-electron chi connectivity index (χ1n) is 9.27. The van der Waals surface area contributed by atoms with Crippen LogP contribution in [-0.4, -0.2) is 71.9 Å². The van der Waals surface area contributed by atoms with Crippen LogP contribution in [0, 0.1) is 0 Å². The average molecular weight is 378 g/mol. The van der Waals surface area contributed by atoms with Gasteiger partial charge >= 0.3 is 0 Å². The number of carbonyl (C=O) groups is 2. The Balaban J connectivity index is 1.70. The van der Waals surface area contributed by atoms with Crippen molar-refractivity contribution in [3.05, 3.63) is 29.8 Å². The smallest absolute Gasteiger partial charge is 0.237 e. The molecule has 0 saturated carbocycles. The van der Waals surface area contributed by atoms with Gasteiger partial charge in [-0.2, -0.15) is 11.8 Å². The van der Waals surface area contributed by atoms with Crippen LogP contribution in [0.4, 0.5) is 0 Å². The largest absolute Gasteiger partial charge is 0.494 e. The maximum atomic E-state index is 12.7. The van der Waals surface area contributed by atoms with Gasteiger partial charge in [-0.05, 0) is 13.0 Å². The van der Waals surface area contributed by atoms with Crippen molar-refractivity contribution in [2.24, 2.45) is 0 Å². The maximum absolute atomic E-state index is 12.7. The van der Waals surface area contributed by atoms with Crippen LogP contribution in [0.3, 0.4) is 0 Å². The minimum Gasteiger partial charge on any atom is -0.494 e. The Morgan fingerprint density at radius 1 is 1.27 bits per heavy atom. The molecule has 7 heteroatoms. The van der Waals surface area contributed by atoms with Gasteiger partial charge in [0.1, 0.15) is 5.75 Å². The van der Waals surface area contributed by atoms with E-state index in [2.05, 4.69) is 10.2 Å². The summed E-state index contributed by atoms with van der Waals surface area (Å²) < 4.78 is 5.71. The van der Waals surface area contributed by atoms with Gasteiger partial charge in [-0.15, -0.1) is 0 Å². The van der Waals surface area contributed by atoms with Gasteiger partial charge in [-0.3, -0.25) is 14.5 Å². The highest BCUT2D eigenvalue weighted by molar-refractivity contribution is 7.99. The molecule has 2 saturated heterocycles. The van der Waals surface area contributed by atoms with Gasteiger partial charge in [0.15, 0.2) is 0 Å². The lowest BCUT2D eigenvalue weighted by atomic mass is 10.1. The van der Waals surface area contributed by atoms with Crippen molar-refractivity contribution >= 4 is 23.6 Å². The predicted molar refractivity (Wildman–Crippen MR) is 103 cm³/mol. The molecule has 0 radical (unpaired) electrons. The number of ether oxygens (including phenoxy) is 1. The van der Waals surface area contributed by atoms with Gasteiger partial charge in [0.25, 0.3) is 0 Å². The van der Waals surface area contributed by atoms with E-state index in [1.54, 1.807) is 0 Å². The normalized spacial score (nSPS) is 21.3. The van der Waals surface area contributed by atoms with Crippen LogP contribution in [0.5, 0.6) is 5.75 Å². The van der Waals surface area contributed by atoms with Crippen molar-refractivity contribution in [1.29, 1.82) is 0 Å². The van der Waals surface area contributed by atoms with Gasteiger partial charge < -0.3 is 15.0 Å². The molecule has 2 heterocycles. The fourth-order valence-electron chi connectivity index (χ4n) is 3.43. The summed E-state index contributed by atoms with van der Waals surface area (Å²) in [5.74, 6) is 2.83. The van der Waals surface area contributed by atoms with Crippen LogP contribution in [0.2, 0.25) is 0 Å². The van der Waals surface area contributed by atoms with Gasteiger partial charge in [0, 0.05) is 49.8 Å². The molecule has 0 aromatic heterocycles. The molecule has 2 fully saturated rings. The van der Waals surface area contributed by atoms with E-state index < -0.39 is 6.04 Å². The molecule has 0 bridgehead atoms. The second-order valence-corrected chi connectivity index (χ2v) is 7.74. The standard InChI is InChI=1S/C19H27N3O3S/c1-2-25-17-6-4-3-5-15(17)14-22-8-7-20-19(24)16(22)13-18(23)21-9-11-26-12-10-21/h3-6,16H,2,7-14H2,1H3,(H,20,24). The molecule has 142 valence electrons. The second-order valence-electron chi connectivity index (χ2n) is 6.52. The molecule has 1 unspecified atom stereocenters. The van der Waals surface area contributed by atoms with Crippen LogP contribution in [-0.2, 0) is 16.1 Å². The molecule has 3 rings (SSSR count). The van der Waals surface area contributed by atoms with Crippen molar-refractivity contribution in [3.63, 3.8) is 0 Å². The maximum Gasteiger partial charge on any atom is 0.237 e. The van der Waals surface area contributed by atoms with E-state index in [0.29, 0.717) is 19.7 Å². The summed E-state index contributed by atoms with van der Waals surface area (Å²) in [5.41, 5.74) is 1.05. The Morgan fingerprint density at radius 3 is 2.81 bits per heavy atom.